The molecule has 2 aromatic carbocycles. The van der Waals surface area contributed by atoms with Gasteiger partial charge in [0.15, 0.2) is 0 Å². The van der Waals surface area contributed by atoms with Gasteiger partial charge in [-0.2, -0.15) is 5.10 Å². The summed E-state index contributed by atoms with van der Waals surface area (Å²) in [5.74, 6) is 0.0868. The van der Waals surface area contributed by atoms with Gasteiger partial charge in [0.25, 0.3) is 5.91 Å². The van der Waals surface area contributed by atoms with E-state index in [1.54, 1.807) is 24.3 Å². The fourth-order valence-corrected chi connectivity index (χ4v) is 3.63. The largest absolute Gasteiger partial charge is 0.326 e. The zero-order valence-electron chi connectivity index (χ0n) is 17.2. The third kappa shape index (κ3) is 5.76. The topological polar surface area (TPSA) is 70.6 Å². The molecular formula is C24H29N3O2. The second-order valence-electron chi connectivity index (χ2n) is 7.86. The molecule has 2 amide bonds. The molecule has 2 N–H and O–H groups in total. The molecule has 0 atom stereocenters. The standard InChI is InChI=1S/C24H29N3O2/c1-17(2)22(18-9-5-3-6-10-18)26-27-24(29)20-13-15-21(16-14-20)25-23(28)19-11-7-4-8-12-19/h3,5-6,9-10,13-17,19H,4,7-8,11-12H2,1-2H3,(H,25,28)(H,27,29)/b26-22+. The summed E-state index contributed by atoms with van der Waals surface area (Å²) in [7, 11) is 0. The Morgan fingerprint density at radius 3 is 2.17 bits per heavy atom. The summed E-state index contributed by atoms with van der Waals surface area (Å²) in [6, 6.07) is 16.8. The van der Waals surface area contributed by atoms with Gasteiger partial charge in [0.05, 0.1) is 5.71 Å². The smallest absolute Gasteiger partial charge is 0.271 e. The Bertz CT molecular complexity index is 851. The van der Waals surface area contributed by atoms with Gasteiger partial charge < -0.3 is 5.32 Å². The number of nitrogens with one attached hydrogen (secondary N) is 2. The monoisotopic (exact) mass is 391 g/mol. The normalized spacial score (nSPS) is 15.2. The van der Waals surface area contributed by atoms with Gasteiger partial charge in [-0.1, -0.05) is 63.4 Å². The van der Waals surface area contributed by atoms with E-state index in [1.807, 2.05) is 44.2 Å². The first kappa shape index (κ1) is 20.8. The lowest BCUT2D eigenvalue weighted by molar-refractivity contribution is -0.120. The lowest BCUT2D eigenvalue weighted by atomic mass is 9.88. The molecule has 0 bridgehead atoms. The summed E-state index contributed by atoms with van der Waals surface area (Å²) in [5, 5.41) is 7.32. The van der Waals surface area contributed by atoms with Crippen LogP contribution in [0.4, 0.5) is 5.69 Å². The Labute approximate surface area is 172 Å². The minimum atomic E-state index is -0.274. The minimum absolute atomic E-state index is 0.0796. The molecule has 1 aliphatic carbocycles. The Hall–Kier alpha value is -2.95. The van der Waals surface area contributed by atoms with Crippen molar-refractivity contribution in [2.45, 2.75) is 46.0 Å². The molecule has 0 aromatic heterocycles. The molecule has 1 aliphatic rings. The maximum absolute atomic E-state index is 12.5. The Kier molecular flexibility index (Phi) is 7.17. The van der Waals surface area contributed by atoms with Gasteiger partial charge in [-0.25, -0.2) is 5.43 Å². The van der Waals surface area contributed by atoms with Crippen LogP contribution in [0.15, 0.2) is 59.7 Å². The molecule has 0 aliphatic heterocycles. The number of carbonyl (C=O) groups is 2. The summed E-state index contributed by atoms with van der Waals surface area (Å²) in [4.78, 5) is 24.8. The average Bonchev–Trinajstić information content (AvgIpc) is 2.75. The number of rotatable bonds is 6. The van der Waals surface area contributed by atoms with Crippen molar-refractivity contribution in [1.82, 2.24) is 5.43 Å². The Balaban J connectivity index is 1.61. The lowest BCUT2D eigenvalue weighted by Gasteiger charge is -2.20. The predicted octanol–water partition coefficient (Wildman–Crippen LogP) is 5.00. The SMILES string of the molecule is CC(C)/C(=N\NC(=O)c1ccc(NC(=O)C2CCCCC2)cc1)c1ccccc1. The van der Waals surface area contributed by atoms with Gasteiger partial charge >= 0.3 is 0 Å². The first-order valence-electron chi connectivity index (χ1n) is 10.4. The van der Waals surface area contributed by atoms with Crippen molar-refractivity contribution in [3.63, 3.8) is 0 Å². The van der Waals surface area contributed by atoms with Gasteiger partial charge in [-0.15, -0.1) is 0 Å². The van der Waals surface area contributed by atoms with Crippen LogP contribution < -0.4 is 10.7 Å². The summed E-state index contributed by atoms with van der Waals surface area (Å²) >= 11 is 0. The first-order chi connectivity index (χ1) is 14.0. The van der Waals surface area contributed by atoms with Gasteiger partial charge in [-0.3, -0.25) is 9.59 Å². The van der Waals surface area contributed by atoms with Crippen LogP contribution in [0.1, 0.15) is 61.9 Å². The summed E-state index contributed by atoms with van der Waals surface area (Å²) in [5.41, 5.74) is 5.69. The van der Waals surface area contributed by atoms with Crippen molar-refractivity contribution < 1.29 is 9.59 Å². The molecule has 0 radical (unpaired) electrons. The molecule has 0 saturated heterocycles. The van der Waals surface area contributed by atoms with E-state index >= 15 is 0 Å². The van der Waals surface area contributed by atoms with Crippen molar-refractivity contribution in [3.05, 3.63) is 65.7 Å². The van der Waals surface area contributed by atoms with Crippen molar-refractivity contribution in [2.75, 3.05) is 5.32 Å². The second-order valence-corrected chi connectivity index (χ2v) is 7.86. The molecule has 5 heteroatoms. The van der Waals surface area contributed by atoms with E-state index in [0.29, 0.717) is 11.3 Å². The highest BCUT2D eigenvalue weighted by molar-refractivity contribution is 6.03. The molecule has 3 rings (SSSR count). The van der Waals surface area contributed by atoms with E-state index in [1.165, 1.54) is 6.42 Å². The predicted molar refractivity (Wildman–Crippen MR) is 117 cm³/mol. The van der Waals surface area contributed by atoms with Gasteiger partial charge in [0, 0.05) is 17.2 Å². The number of hydrazone groups is 1. The Morgan fingerprint density at radius 2 is 1.55 bits per heavy atom. The van der Waals surface area contributed by atoms with Crippen LogP contribution >= 0.6 is 0 Å². The number of nitrogens with zero attached hydrogens (tertiary/aromatic N) is 1. The number of benzene rings is 2. The number of hydrogen-bond acceptors (Lipinski definition) is 3. The third-order valence-corrected chi connectivity index (χ3v) is 5.28. The molecule has 0 spiro atoms. The summed E-state index contributed by atoms with van der Waals surface area (Å²) in [6.45, 7) is 4.09. The fourth-order valence-electron chi connectivity index (χ4n) is 3.63. The van der Waals surface area contributed by atoms with Crippen LogP contribution in [0.2, 0.25) is 0 Å². The molecule has 5 nitrogen and oxygen atoms in total. The van der Waals surface area contributed by atoms with Gasteiger partial charge in [0.2, 0.25) is 5.91 Å². The highest BCUT2D eigenvalue weighted by atomic mass is 16.2. The highest BCUT2D eigenvalue weighted by Gasteiger charge is 2.21. The van der Waals surface area contributed by atoms with E-state index in [-0.39, 0.29) is 23.7 Å². The maximum Gasteiger partial charge on any atom is 0.271 e. The summed E-state index contributed by atoms with van der Waals surface area (Å²) in [6.07, 6.45) is 5.39. The van der Waals surface area contributed by atoms with Crippen molar-refractivity contribution in [2.24, 2.45) is 16.9 Å². The van der Waals surface area contributed by atoms with Crippen molar-refractivity contribution in [1.29, 1.82) is 0 Å². The second kappa shape index (κ2) is 10.0. The molecule has 29 heavy (non-hydrogen) atoms. The van der Waals surface area contributed by atoms with E-state index in [2.05, 4.69) is 15.8 Å². The van der Waals surface area contributed by atoms with Crippen molar-refractivity contribution in [3.8, 4) is 0 Å². The first-order valence-corrected chi connectivity index (χ1v) is 10.4. The number of amides is 2. The van der Waals surface area contributed by atoms with E-state index in [4.69, 9.17) is 0 Å². The molecule has 0 unspecified atom stereocenters. The number of anilines is 1. The van der Waals surface area contributed by atoms with E-state index in [0.717, 1.165) is 37.0 Å². The minimum Gasteiger partial charge on any atom is -0.326 e. The fraction of sp³-hybridized carbons (Fsp3) is 0.375. The van der Waals surface area contributed by atoms with Crippen LogP contribution in [0.5, 0.6) is 0 Å². The highest BCUT2D eigenvalue weighted by Crippen LogP contribution is 2.25. The zero-order valence-corrected chi connectivity index (χ0v) is 17.2. The van der Waals surface area contributed by atoms with Gasteiger partial charge in [0.1, 0.15) is 0 Å². The molecule has 2 aromatic rings. The number of carbonyl (C=O) groups excluding carboxylic acids is 2. The van der Waals surface area contributed by atoms with Crippen LogP contribution in [0, 0.1) is 11.8 Å². The number of hydrogen-bond donors (Lipinski definition) is 2. The van der Waals surface area contributed by atoms with Crippen LogP contribution in [-0.2, 0) is 4.79 Å². The van der Waals surface area contributed by atoms with Gasteiger partial charge in [-0.05, 0) is 48.6 Å². The molecule has 1 saturated carbocycles. The van der Waals surface area contributed by atoms with Crippen LogP contribution in [-0.4, -0.2) is 17.5 Å². The molecule has 0 heterocycles. The Morgan fingerprint density at radius 1 is 0.897 bits per heavy atom. The van der Waals surface area contributed by atoms with E-state index in [9.17, 15) is 9.59 Å². The third-order valence-electron chi connectivity index (χ3n) is 5.28. The van der Waals surface area contributed by atoms with Crippen LogP contribution in [0.3, 0.4) is 0 Å². The quantitative estimate of drug-likeness (QED) is 0.538. The zero-order chi connectivity index (χ0) is 20.6. The molecular weight excluding hydrogens is 362 g/mol. The molecule has 1 fully saturated rings. The van der Waals surface area contributed by atoms with Crippen LogP contribution in [0.25, 0.3) is 0 Å². The van der Waals surface area contributed by atoms with E-state index < -0.39 is 0 Å². The van der Waals surface area contributed by atoms with Crippen molar-refractivity contribution >= 4 is 23.2 Å². The lowest BCUT2D eigenvalue weighted by Crippen LogP contribution is -2.25. The average molecular weight is 392 g/mol. The summed E-state index contributed by atoms with van der Waals surface area (Å²) < 4.78 is 0. The maximum atomic E-state index is 12.5. The molecule has 152 valence electrons.